The maximum atomic E-state index is 11.8. The number of carbonyl (C=O) groups excluding carboxylic acids is 1. The summed E-state index contributed by atoms with van der Waals surface area (Å²) >= 11 is 1.18. The molecule has 0 bridgehead atoms. The molecule has 0 saturated carbocycles. The molecule has 0 aliphatic carbocycles. The van der Waals surface area contributed by atoms with E-state index in [1.165, 1.54) is 22.7 Å². The molecule has 2 aromatic rings. The third-order valence-corrected chi connectivity index (χ3v) is 3.78. The highest BCUT2D eigenvalue weighted by molar-refractivity contribution is 7.03. The summed E-state index contributed by atoms with van der Waals surface area (Å²) in [6.07, 6.45) is 1.04. The standard InChI is InChI=1S/C13H14N4OS.ClH/c18-13(12-8-19-17-16-12)15-7-11-10-4-2-1-3-9(10)5-6-14-11;/h1-4,8,11,14H,5-7H2,(H,15,18);1H. The average molecular weight is 311 g/mol. The van der Waals surface area contributed by atoms with Gasteiger partial charge in [0, 0.05) is 18.0 Å². The number of hydrogen-bond acceptors (Lipinski definition) is 5. The zero-order valence-electron chi connectivity index (χ0n) is 10.7. The highest BCUT2D eigenvalue weighted by Crippen LogP contribution is 2.21. The molecule has 20 heavy (non-hydrogen) atoms. The minimum Gasteiger partial charge on any atom is -0.349 e. The Morgan fingerprint density at radius 3 is 3.10 bits per heavy atom. The van der Waals surface area contributed by atoms with Crippen molar-refractivity contribution in [3.8, 4) is 0 Å². The van der Waals surface area contributed by atoms with Crippen LogP contribution in [0.15, 0.2) is 29.6 Å². The van der Waals surface area contributed by atoms with Crippen LogP contribution in [0.25, 0.3) is 0 Å². The number of hydrogen-bond donors (Lipinski definition) is 2. The van der Waals surface area contributed by atoms with Crippen molar-refractivity contribution < 1.29 is 4.79 Å². The molecular weight excluding hydrogens is 296 g/mol. The van der Waals surface area contributed by atoms with E-state index in [4.69, 9.17) is 0 Å². The molecule has 0 saturated heterocycles. The number of nitrogens with one attached hydrogen (secondary N) is 2. The van der Waals surface area contributed by atoms with Crippen molar-refractivity contribution in [2.24, 2.45) is 0 Å². The first-order valence-electron chi connectivity index (χ1n) is 6.21. The molecule has 1 aliphatic heterocycles. The summed E-state index contributed by atoms with van der Waals surface area (Å²) in [6.45, 7) is 1.50. The number of aromatic nitrogens is 2. The van der Waals surface area contributed by atoms with Gasteiger partial charge in [-0.05, 0) is 35.6 Å². The monoisotopic (exact) mass is 310 g/mol. The van der Waals surface area contributed by atoms with Crippen molar-refractivity contribution in [3.05, 3.63) is 46.5 Å². The lowest BCUT2D eigenvalue weighted by Crippen LogP contribution is -2.38. The summed E-state index contributed by atoms with van der Waals surface area (Å²) in [5.41, 5.74) is 3.01. The van der Waals surface area contributed by atoms with E-state index >= 15 is 0 Å². The smallest absolute Gasteiger partial charge is 0.272 e. The lowest BCUT2D eigenvalue weighted by molar-refractivity contribution is 0.0944. The molecule has 7 heteroatoms. The molecule has 1 aromatic carbocycles. The first kappa shape index (κ1) is 14.9. The average Bonchev–Trinajstić information content (AvgIpc) is 2.99. The number of rotatable bonds is 3. The lowest BCUT2D eigenvalue weighted by Gasteiger charge is -2.26. The summed E-state index contributed by atoms with van der Waals surface area (Å²) < 4.78 is 3.69. The minimum absolute atomic E-state index is 0. The first-order valence-corrected chi connectivity index (χ1v) is 7.04. The van der Waals surface area contributed by atoms with Gasteiger partial charge in [-0.1, -0.05) is 28.8 Å². The van der Waals surface area contributed by atoms with Crippen LogP contribution in [-0.4, -0.2) is 28.6 Å². The minimum atomic E-state index is -0.168. The first-order chi connectivity index (χ1) is 9.34. The van der Waals surface area contributed by atoms with E-state index in [-0.39, 0.29) is 24.4 Å². The Morgan fingerprint density at radius 2 is 2.30 bits per heavy atom. The fraction of sp³-hybridized carbons (Fsp3) is 0.308. The molecule has 106 valence electrons. The molecule has 1 aliphatic rings. The second-order valence-electron chi connectivity index (χ2n) is 4.46. The second kappa shape index (κ2) is 6.78. The van der Waals surface area contributed by atoms with E-state index in [9.17, 15) is 4.79 Å². The maximum absolute atomic E-state index is 11.8. The molecule has 0 spiro atoms. The Morgan fingerprint density at radius 1 is 1.45 bits per heavy atom. The fourth-order valence-electron chi connectivity index (χ4n) is 2.32. The Balaban J connectivity index is 0.00000147. The van der Waals surface area contributed by atoms with Gasteiger partial charge in [-0.3, -0.25) is 4.79 Å². The molecular formula is C13H15ClN4OS. The number of nitrogens with zero attached hydrogens (tertiary/aromatic N) is 2. The molecule has 2 heterocycles. The molecule has 1 unspecified atom stereocenters. The van der Waals surface area contributed by atoms with Crippen LogP contribution in [0.5, 0.6) is 0 Å². The van der Waals surface area contributed by atoms with Crippen LogP contribution >= 0.6 is 23.9 Å². The molecule has 1 atom stereocenters. The van der Waals surface area contributed by atoms with Gasteiger partial charge in [0.1, 0.15) is 0 Å². The largest absolute Gasteiger partial charge is 0.349 e. The van der Waals surface area contributed by atoms with E-state index in [1.807, 2.05) is 6.07 Å². The predicted molar refractivity (Wildman–Crippen MR) is 80.4 cm³/mol. The van der Waals surface area contributed by atoms with Gasteiger partial charge in [-0.2, -0.15) is 0 Å². The summed E-state index contributed by atoms with van der Waals surface area (Å²) in [6, 6.07) is 8.52. The number of benzene rings is 1. The Kier molecular flexibility index (Phi) is 5.05. The Bertz CT molecular complexity index is 576. The van der Waals surface area contributed by atoms with Gasteiger partial charge in [-0.15, -0.1) is 17.5 Å². The van der Waals surface area contributed by atoms with E-state index in [0.29, 0.717) is 12.2 Å². The Hall–Kier alpha value is -1.50. The summed E-state index contributed by atoms with van der Waals surface area (Å²) in [4.78, 5) is 11.8. The topological polar surface area (TPSA) is 66.9 Å². The zero-order chi connectivity index (χ0) is 13.1. The predicted octanol–water partition coefficient (Wildman–Crippen LogP) is 1.58. The van der Waals surface area contributed by atoms with Gasteiger partial charge in [0.25, 0.3) is 5.91 Å². The van der Waals surface area contributed by atoms with Crippen LogP contribution in [-0.2, 0) is 6.42 Å². The zero-order valence-corrected chi connectivity index (χ0v) is 12.3. The van der Waals surface area contributed by atoms with Gasteiger partial charge < -0.3 is 10.6 Å². The van der Waals surface area contributed by atoms with Gasteiger partial charge >= 0.3 is 0 Å². The molecule has 0 radical (unpaired) electrons. The molecule has 0 fully saturated rings. The van der Waals surface area contributed by atoms with Crippen molar-refractivity contribution in [3.63, 3.8) is 0 Å². The van der Waals surface area contributed by atoms with E-state index in [2.05, 4.69) is 38.4 Å². The summed E-state index contributed by atoms with van der Waals surface area (Å²) in [5, 5.41) is 11.7. The number of amides is 1. The third-order valence-electron chi connectivity index (χ3n) is 3.28. The van der Waals surface area contributed by atoms with Gasteiger partial charge in [0.05, 0.1) is 0 Å². The van der Waals surface area contributed by atoms with Gasteiger partial charge in [0.15, 0.2) is 5.69 Å². The lowest BCUT2D eigenvalue weighted by atomic mass is 9.94. The molecule has 1 amide bonds. The SMILES string of the molecule is Cl.O=C(NCC1NCCc2ccccc21)c1csnn1. The summed E-state index contributed by atoms with van der Waals surface area (Å²) in [7, 11) is 0. The highest BCUT2D eigenvalue weighted by atomic mass is 35.5. The molecule has 1 aromatic heterocycles. The van der Waals surface area contributed by atoms with Crippen LogP contribution < -0.4 is 10.6 Å². The number of halogens is 1. The van der Waals surface area contributed by atoms with Gasteiger partial charge in [0.2, 0.25) is 0 Å². The Labute approximate surface area is 127 Å². The van der Waals surface area contributed by atoms with Crippen molar-refractivity contribution in [2.75, 3.05) is 13.1 Å². The second-order valence-corrected chi connectivity index (χ2v) is 5.07. The van der Waals surface area contributed by atoms with E-state index in [1.54, 1.807) is 5.38 Å². The van der Waals surface area contributed by atoms with Crippen molar-refractivity contribution >= 4 is 29.8 Å². The quantitative estimate of drug-likeness (QED) is 0.903. The fourth-order valence-corrected chi connectivity index (χ4v) is 2.76. The maximum Gasteiger partial charge on any atom is 0.272 e. The highest BCUT2D eigenvalue weighted by Gasteiger charge is 2.20. The number of carbonyl (C=O) groups is 1. The number of fused-ring (bicyclic) bond motifs is 1. The van der Waals surface area contributed by atoms with Crippen LogP contribution in [0.2, 0.25) is 0 Å². The molecule has 3 rings (SSSR count). The normalized spacial score (nSPS) is 16.9. The van der Waals surface area contributed by atoms with Gasteiger partial charge in [-0.25, -0.2) is 0 Å². The van der Waals surface area contributed by atoms with Crippen molar-refractivity contribution in [1.82, 2.24) is 20.2 Å². The van der Waals surface area contributed by atoms with Crippen molar-refractivity contribution in [2.45, 2.75) is 12.5 Å². The van der Waals surface area contributed by atoms with E-state index in [0.717, 1.165) is 13.0 Å². The van der Waals surface area contributed by atoms with Crippen LogP contribution in [0.1, 0.15) is 27.7 Å². The molecule has 2 N–H and O–H groups in total. The van der Waals surface area contributed by atoms with Crippen molar-refractivity contribution in [1.29, 1.82) is 0 Å². The van der Waals surface area contributed by atoms with Crippen LogP contribution in [0.4, 0.5) is 0 Å². The third kappa shape index (κ3) is 3.15. The molecule has 5 nitrogen and oxygen atoms in total. The summed E-state index contributed by atoms with van der Waals surface area (Å²) in [5.74, 6) is -0.168. The van der Waals surface area contributed by atoms with E-state index < -0.39 is 0 Å². The van der Waals surface area contributed by atoms with Crippen LogP contribution in [0.3, 0.4) is 0 Å². The van der Waals surface area contributed by atoms with Crippen LogP contribution in [0, 0.1) is 0 Å².